The van der Waals surface area contributed by atoms with Crippen molar-refractivity contribution in [1.82, 2.24) is 20.2 Å². The highest BCUT2D eigenvalue weighted by Gasteiger charge is 2.48. The van der Waals surface area contributed by atoms with Crippen LogP contribution in [0.5, 0.6) is 0 Å². The van der Waals surface area contributed by atoms with Crippen LogP contribution in [0.1, 0.15) is 25.1 Å². The summed E-state index contributed by atoms with van der Waals surface area (Å²) in [6, 6.07) is 0. The Labute approximate surface area is 111 Å². The molecule has 1 saturated carbocycles. The summed E-state index contributed by atoms with van der Waals surface area (Å²) in [7, 11) is 0. The molecule has 2 rings (SSSR count). The second-order valence-electron chi connectivity index (χ2n) is 4.61. The lowest BCUT2D eigenvalue weighted by atomic mass is 9.77. The maximum Gasteiger partial charge on any atom is 0.411 e. The second-order valence-corrected chi connectivity index (χ2v) is 4.61. The van der Waals surface area contributed by atoms with Crippen molar-refractivity contribution in [3.8, 4) is 0 Å². The summed E-state index contributed by atoms with van der Waals surface area (Å²) in [5.74, 6) is -0.817. The Balaban J connectivity index is 1.97. The lowest BCUT2D eigenvalue weighted by Crippen LogP contribution is -2.49. The Morgan fingerprint density at radius 2 is 2.15 bits per heavy atom. The molecule has 0 unspecified atom stereocenters. The molecule has 0 aromatic carbocycles. The molecule has 1 aromatic heterocycles. The van der Waals surface area contributed by atoms with Gasteiger partial charge in [0.25, 0.3) is 0 Å². The molecule has 0 radical (unpaired) electrons. The summed E-state index contributed by atoms with van der Waals surface area (Å²) < 4.78 is 41.4. The number of hydrogen-bond acceptors (Lipinski definition) is 5. The third-order valence-corrected chi connectivity index (χ3v) is 3.25. The molecule has 20 heavy (non-hydrogen) atoms. The first-order valence-electron chi connectivity index (χ1n) is 6.01. The number of carbonyl (C=O) groups is 1. The van der Waals surface area contributed by atoms with Crippen LogP contribution in [-0.4, -0.2) is 50.7 Å². The molecule has 0 amide bonds. The number of hydrogen-bond donors (Lipinski definition) is 1. The minimum absolute atomic E-state index is 0.0259. The van der Waals surface area contributed by atoms with Gasteiger partial charge in [0, 0.05) is 6.42 Å². The highest BCUT2D eigenvalue weighted by Crippen LogP contribution is 2.39. The lowest BCUT2D eigenvalue weighted by Gasteiger charge is -2.37. The van der Waals surface area contributed by atoms with Crippen molar-refractivity contribution in [3.63, 3.8) is 0 Å². The van der Waals surface area contributed by atoms with Gasteiger partial charge in [0.1, 0.15) is 6.61 Å². The van der Waals surface area contributed by atoms with E-state index in [0.717, 1.165) is 6.42 Å². The number of carboxylic acids is 1. The van der Waals surface area contributed by atoms with Crippen molar-refractivity contribution in [2.45, 2.75) is 37.4 Å². The van der Waals surface area contributed by atoms with Gasteiger partial charge in [-0.2, -0.15) is 13.2 Å². The van der Waals surface area contributed by atoms with Gasteiger partial charge in [-0.05, 0) is 29.7 Å². The largest absolute Gasteiger partial charge is 0.479 e. The Bertz CT molecular complexity index is 484. The molecular weight excluding hydrogens is 281 g/mol. The predicted molar refractivity (Wildman–Crippen MR) is 57.9 cm³/mol. The number of tetrazole rings is 1. The number of aromatic nitrogens is 4. The average Bonchev–Trinajstić information content (AvgIpc) is 2.70. The van der Waals surface area contributed by atoms with E-state index >= 15 is 0 Å². The summed E-state index contributed by atoms with van der Waals surface area (Å²) >= 11 is 0. The van der Waals surface area contributed by atoms with Gasteiger partial charge < -0.3 is 9.84 Å². The standard InChI is InChI=1S/C10H13F3N4O3/c11-10(12,13)6-20-5-2-7-14-15-16-17(7)9(8(18)19)3-1-4-9/h1-6H2,(H,18,19). The van der Waals surface area contributed by atoms with E-state index in [9.17, 15) is 23.1 Å². The normalized spacial score (nSPS) is 17.8. The Hall–Kier alpha value is -1.71. The highest BCUT2D eigenvalue weighted by molar-refractivity contribution is 5.77. The first-order chi connectivity index (χ1) is 9.35. The number of rotatable bonds is 6. The molecule has 0 saturated heterocycles. The van der Waals surface area contributed by atoms with Crippen molar-refractivity contribution < 1.29 is 27.8 Å². The molecule has 10 heteroatoms. The number of carboxylic acid groups (broad SMARTS) is 1. The summed E-state index contributed by atoms with van der Waals surface area (Å²) in [4.78, 5) is 11.3. The van der Waals surface area contributed by atoms with Crippen LogP contribution in [0.3, 0.4) is 0 Å². The van der Waals surface area contributed by atoms with Gasteiger partial charge in [0.05, 0.1) is 6.61 Å². The van der Waals surface area contributed by atoms with E-state index in [4.69, 9.17) is 0 Å². The Kier molecular flexibility index (Phi) is 3.93. The van der Waals surface area contributed by atoms with Gasteiger partial charge >= 0.3 is 12.1 Å². The highest BCUT2D eigenvalue weighted by atomic mass is 19.4. The van der Waals surface area contributed by atoms with Gasteiger partial charge in [-0.3, -0.25) is 0 Å². The Morgan fingerprint density at radius 1 is 1.45 bits per heavy atom. The van der Waals surface area contributed by atoms with Crippen LogP contribution >= 0.6 is 0 Å². The van der Waals surface area contributed by atoms with Crippen molar-refractivity contribution >= 4 is 5.97 Å². The van der Waals surface area contributed by atoms with E-state index in [-0.39, 0.29) is 18.9 Å². The molecule has 0 spiro atoms. The average molecular weight is 294 g/mol. The van der Waals surface area contributed by atoms with Gasteiger partial charge in [-0.15, -0.1) is 5.10 Å². The summed E-state index contributed by atoms with van der Waals surface area (Å²) in [5.41, 5.74) is -1.16. The summed E-state index contributed by atoms with van der Waals surface area (Å²) in [5, 5.41) is 20.0. The number of alkyl halides is 3. The molecule has 1 aromatic rings. The van der Waals surface area contributed by atoms with Crippen molar-refractivity contribution in [2.75, 3.05) is 13.2 Å². The molecule has 1 aliphatic carbocycles. The smallest absolute Gasteiger partial charge is 0.411 e. The van der Waals surface area contributed by atoms with Crippen molar-refractivity contribution in [2.24, 2.45) is 0 Å². The molecule has 1 heterocycles. The van der Waals surface area contributed by atoms with Crippen molar-refractivity contribution in [1.29, 1.82) is 0 Å². The van der Waals surface area contributed by atoms with E-state index in [1.165, 1.54) is 4.68 Å². The van der Waals surface area contributed by atoms with Crippen LogP contribution in [0.15, 0.2) is 0 Å². The van der Waals surface area contributed by atoms with Gasteiger partial charge in [0.2, 0.25) is 0 Å². The SMILES string of the molecule is O=C(O)C1(n2nnnc2CCOCC(F)(F)F)CCC1. The fraction of sp³-hybridized carbons (Fsp3) is 0.800. The molecule has 1 aliphatic rings. The first-order valence-corrected chi connectivity index (χ1v) is 6.01. The molecule has 0 aliphatic heterocycles. The first kappa shape index (κ1) is 14.7. The number of ether oxygens (including phenoxy) is 1. The molecular formula is C10H13F3N4O3. The van der Waals surface area contributed by atoms with Crippen LogP contribution < -0.4 is 0 Å². The summed E-state index contributed by atoms with van der Waals surface area (Å²) in [6.45, 7) is -1.58. The third-order valence-electron chi connectivity index (χ3n) is 3.25. The van der Waals surface area contributed by atoms with E-state index in [1.807, 2.05) is 0 Å². The fourth-order valence-corrected chi connectivity index (χ4v) is 2.07. The second kappa shape index (κ2) is 5.35. The van der Waals surface area contributed by atoms with Gasteiger partial charge in [-0.1, -0.05) is 0 Å². The zero-order valence-corrected chi connectivity index (χ0v) is 10.4. The molecule has 0 atom stereocenters. The Morgan fingerprint density at radius 3 is 2.65 bits per heavy atom. The number of aliphatic carboxylic acids is 1. The van der Waals surface area contributed by atoms with Crippen molar-refractivity contribution in [3.05, 3.63) is 5.82 Å². The lowest BCUT2D eigenvalue weighted by molar-refractivity contribution is -0.173. The molecule has 112 valence electrons. The van der Waals surface area contributed by atoms with Crippen LogP contribution in [0.2, 0.25) is 0 Å². The zero-order valence-electron chi connectivity index (χ0n) is 10.4. The van der Waals surface area contributed by atoms with E-state index in [2.05, 4.69) is 20.3 Å². The molecule has 7 nitrogen and oxygen atoms in total. The zero-order chi connectivity index (χ0) is 14.8. The number of halogens is 3. The quantitative estimate of drug-likeness (QED) is 0.779. The maximum absolute atomic E-state index is 11.9. The number of nitrogens with zero attached hydrogens (tertiary/aromatic N) is 4. The molecule has 0 bridgehead atoms. The fourth-order valence-electron chi connectivity index (χ4n) is 2.07. The van der Waals surface area contributed by atoms with Gasteiger partial charge in [0.15, 0.2) is 11.4 Å². The van der Waals surface area contributed by atoms with Crippen LogP contribution in [-0.2, 0) is 21.5 Å². The van der Waals surface area contributed by atoms with Gasteiger partial charge in [-0.25, -0.2) is 9.48 Å². The molecule has 1 fully saturated rings. The van der Waals surface area contributed by atoms with E-state index in [0.29, 0.717) is 12.8 Å². The molecule has 1 N–H and O–H groups in total. The monoisotopic (exact) mass is 294 g/mol. The third kappa shape index (κ3) is 2.89. The van der Waals surface area contributed by atoms with Crippen LogP contribution in [0.25, 0.3) is 0 Å². The van der Waals surface area contributed by atoms with E-state index in [1.54, 1.807) is 0 Å². The topological polar surface area (TPSA) is 90.1 Å². The predicted octanol–water partition coefficient (Wildman–Crippen LogP) is 0.758. The minimum atomic E-state index is -4.39. The maximum atomic E-state index is 11.9. The van der Waals surface area contributed by atoms with Crippen LogP contribution in [0.4, 0.5) is 13.2 Å². The van der Waals surface area contributed by atoms with Crippen LogP contribution in [0, 0.1) is 0 Å². The minimum Gasteiger partial charge on any atom is -0.479 e. The summed E-state index contributed by atoms with van der Waals surface area (Å²) in [6.07, 6.45) is -2.80. The van der Waals surface area contributed by atoms with E-state index < -0.39 is 24.3 Å².